The fraction of sp³-hybridized carbons (Fsp3) is 0.391. The number of hydrogen-bond donors (Lipinski definition) is 0. The Balaban J connectivity index is 1.72. The maximum absolute atomic E-state index is 13.1. The van der Waals surface area contributed by atoms with E-state index >= 15 is 0 Å². The van der Waals surface area contributed by atoms with Crippen LogP contribution in [0.5, 0.6) is 5.75 Å². The Labute approximate surface area is 190 Å². The van der Waals surface area contributed by atoms with Crippen molar-refractivity contribution in [1.29, 1.82) is 0 Å². The Morgan fingerprint density at radius 3 is 2.62 bits per heavy atom. The summed E-state index contributed by atoms with van der Waals surface area (Å²) in [4.78, 5) is 30.5. The highest BCUT2D eigenvalue weighted by Gasteiger charge is 2.29. The summed E-state index contributed by atoms with van der Waals surface area (Å²) in [5, 5.41) is 11.8. The van der Waals surface area contributed by atoms with Crippen LogP contribution in [-0.2, 0) is 4.79 Å². The van der Waals surface area contributed by atoms with Gasteiger partial charge in [-0.25, -0.2) is 4.98 Å². The molecule has 8 nitrogen and oxygen atoms in total. The number of hydrogen-bond acceptors (Lipinski definition) is 6. The summed E-state index contributed by atoms with van der Waals surface area (Å²) in [6, 6.07) is 12.6. The highest BCUT2D eigenvalue weighted by atomic mass is 32.2. The molecule has 0 aliphatic carbocycles. The molecule has 2 aromatic carbocycles. The number of para-hydroxylation sites is 2. The number of non-ortho nitro benzene ring substituents is 1. The van der Waals surface area contributed by atoms with Crippen molar-refractivity contribution in [2.75, 3.05) is 12.9 Å². The molecular formula is C23H26N4O4S. The first-order valence-corrected chi connectivity index (χ1v) is 11.6. The molecule has 1 aliphatic heterocycles. The number of nitrogens with zero attached hydrogens (tertiary/aromatic N) is 4. The molecular weight excluding hydrogens is 428 g/mol. The molecule has 1 aromatic heterocycles. The zero-order valence-corrected chi connectivity index (χ0v) is 19.2. The number of ether oxygens (including phenoxy) is 1. The van der Waals surface area contributed by atoms with Gasteiger partial charge in [0.25, 0.3) is 5.69 Å². The molecule has 0 bridgehead atoms. The van der Waals surface area contributed by atoms with Crippen LogP contribution in [0.1, 0.15) is 33.1 Å². The van der Waals surface area contributed by atoms with E-state index in [9.17, 15) is 14.9 Å². The smallest absolute Gasteiger partial charge is 0.271 e. The first-order chi connectivity index (χ1) is 15.4. The summed E-state index contributed by atoms with van der Waals surface area (Å²) in [7, 11) is 1.60. The lowest BCUT2D eigenvalue weighted by Crippen LogP contribution is -2.48. The number of rotatable bonds is 6. The molecule has 2 atom stereocenters. The molecule has 2 unspecified atom stereocenters. The number of imidazole rings is 1. The van der Waals surface area contributed by atoms with E-state index in [1.165, 1.54) is 23.9 Å². The van der Waals surface area contributed by atoms with E-state index in [2.05, 4.69) is 18.8 Å². The van der Waals surface area contributed by atoms with Crippen LogP contribution in [0.3, 0.4) is 0 Å². The Morgan fingerprint density at radius 1 is 1.22 bits per heavy atom. The Hall–Kier alpha value is -3.07. The van der Waals surface area contributed by atoms with Gasteiger partial charge in [0.1, 0.15) is 5.75 Å². The van der Waals surface area contributed by atoms with Crippen LogP contribution in [0.15, 0.2) is 47.6 Å². The molecule has 0 N–H and O–H groups in total. The Kier molecular flexibility index (Phi) is 6.36. The number of likely N-dealkylation sites (tertiary alicyclic amines) is 1. The second-order valence-corrected chi connectivity index (χ2v) is 8.99. The summed E-state index contributed by atoms with van der Waals surface area (Å²) in [5.74, 6) is 0.978. The number of methoxy groups -OCH3 is 1. The Bertz CT molecular complexity index is 1150. The fourth-order valence-electron chi connectivity index (χ4n) is 4.42. The molecule has 1 saturated heterocycles. The maximum atomic E-state index is 13.1. The highest BCUT2D eigenvalue weighted by molar-refractivity contribution is 7.99. The molecule has 32 heavy (non-hydrogen) atoms. The number of nitro benzene ring substituents is 1. The molecule has 1 amide bonds. The second-order valence-electron chi connectivity index (χ2n) is 8.05. The van der Waals surface area contributed by atoms with Gasteiger partial charge in [0, 0.05) is 24.2 Å². The zero-order chi connectivity index (χ0) is 22.8. The van der Waals surface area contributed by atoms with Gasteiger partial charge in [-0.15, -0.1) is 0 Å². The summed E-state index contributed by atoms with van der Waals surface area (Å²) < 4.78 is 7.44. The number of piperidine rings is 1. The predicted molar refractivity (Wildman–Crippen MR) is 125 cm³/mol. The van der Waals surface area contributed by atoms with Gasteiger partial charge in [0.2, 0.25) is 5.91 Å². The molecule has 2 heterocycles. The van der Waals surface area contributed by atoms with Gasteiger partial charge >= 0.3 is 0 Å². The maximum Gasteiger partial charge on any atom is 0.271 e. The van der Waals surface area contributed by atoms with Crippen LogP contribution in [-0.4, -0.2) is 50.2 Å². The standard InChI is InChI=1S/C23H26N4O4S/c1-15-7-6-8-16(2)25(15)22(28)14-32-23-24-18-13-17(27(29)30)11-12-19(18)26(23)20-9-4-5-10-21(20)31-3/h4-5,9-13,15-16H,6-8,14H2,1-3H3. The van der Waals surface area contributed by atoms with Crippen molar-refractivity contribution in [2.24, 2.45) is 0 Å². The van der Waals surface area contributed by atoms with Gasteiger partial charge in [0.05, 0.1) is 34.5 Å². The van der Waals surface area contributed by atoms with Crippen LogP contribution in [0, 0.1) is 10.1 Å². The number of thioether (sulfide) groups is 1. The lowest BCUT2D eigenvalue weighted by Gasteiger charge is -2.39. The van der Waals surface area contributed by atoms with Gasteiger partial charge in [-0.1, -0.05) is 23.9 Å². The quantitative estimate of drug-likeness (QED) is 0.301. The number of carbonyl (C=O) groups is 1. The number of benzene rings is 2. The lowest BCUT2D eigenvalue weighted by atomic mass is 9.98. The van der Waals surface area contributed by atoms with Crippen molar-refractivity contribution >= 4 is 34.4 Å². The molecule has 168 valence electrons. The summed E-state index contributed by atoms with van der Waals surface area (Å²) in [6.07, 6.45) is 3.18. The van der Waals surface area contributed by atoms with E-state index in [0.29, 0.717) is 16.4 Å². The van der Waals surface area contributed by atoms with Crippen LogP contribution in [0.2, 0.25) is 0 Å². The highest BCUT2D eigenvalue weighted by Crippen LogP contribution is 2.34. The molecule has 0 radical (unpaired) electrons. The topological polar surface area (TPSA) is 90.5 Å². The third-order valence-electron chi connectivity index (χ3n) is 5.95. The number of carbonyl (C=O) groups excluding carboxylic acids is 1. The van der Waals surface area contributed by atoms with Crippen molar-refractivity contribution in [1.82, 2.24) is 14.5 Å². The van der Waals surface area contributed by atoms with Gasteiger partial charge in [-0.3, -0.25) is 19.5 Å². The summed E-state index contributed by atoms with van der Waals surface area (Å²) in [5.41, 5.74) is 1.96. The number of amides is 1. The lowest BCUT2D eigenvalue weighted by molar-refractivity contribution is -0.384. The third-order valence-corrected chi connectivity index (χ3v) is 6.87. The van der Waals surface area contributed by atoms with Crippen molar-refractivity contribution in [3.63, 3.8) is 0 Å². The average molecular weight is 455 g/mol. The Morgan fingerprint density at radius 2 is 1.94 bits per heavy atom. The number of aromatic nitrogens is 2. The van der Waals surface area contributed by atoms with Crippen LogP contribution in [0.25, 0.3) is 16.7 Å². The molecule has 9 heteroatoms. The molecule has 4 rings (SSSR count). The van der Waals surface area contributed by atoms with Crippen LogP contribution in [0.4, 0.5) is 5.69 Å². The van der Waals surface area contributed by atoms with E-state index in [1.807, 2.05) is 33.7 Å². The van der Waals surface area contributed by atoms with E-state index in [-0.39, 0.29) is 29.4 Å². The normalized spacial score (nSPS) is 18.7. The first kappa shape index (κ1) is 22.1. The SMILES string of the molecule is COc1ccccc1-n1c(SCC(=O)N2C(C)CCCC2C)nc2cc([N+](=O)[O-])ccc21. The molecule has 0 saturated carbocycles. The van der Waals surface area contributed by atoms with E-state index in [0.717, 1.165) is 30.5 Å². The van der Waals surface area contributed by atoms with Gasteiger partial charge in [0.15, 0.2) is 5.16 Å². The monoisotopic (exact) mass is 454 g/mol. The largest absolute Gasteiger partial charge is 0.495 e. The van der Waals surface area contributed by atoms with E-state index < -0.39 is 4.92 Å². The minimum atomic E-state index is -0.433. The van der Waals surface area contributed by atoms with Crippen molar-refractivity contribution in [3.8, 4) is 11.4 Å². The van der Waals surface area contributed by atoms with Crippen LogP contribution < -0.4 is 4.74 Å². The van der Waals surface area contributed by atoms with Gasteiger partial charge in [-0.2, -0.15) is 0 Å². The predicted octanol–water partition coefficient (Wildman–Crippen LogP) is 4.82. The minimum Gasteiger partial charge on any atom is -0.495 e. The zero-order valence-electron chi connectivity index (χ0n) is 18.4. The molecule has 0 spiro atoms. The van der Waals surface area contributed by atoms with E-state index in [1.54, 1.807) is 13.2 Å². The van der Waals surface area contributed by atoms with Crippen molar-refractivity contribution < 1.29 is 14.5 Å². The van der Waals surface area contributed by atoms with Crippen LogP contribution >= 0.6 is 11.8 Å². The summed E-state index contributed by atoms with van der Waals surface area (Å²) in [6.45, 7) is 4.20. The van der Waals surface area contributed by atoms with Crippen molar-refractivity contribution in [2.45, 2.75) is 50.4 Å². The van der Waals surface area contributed by atoms with Gasteiger partial charge < -0.3 is 9.64 Å². The summed E-state index contributed by atoms with van der Waals surface area (Å²) >= 11 is 1.34. The number of fused-ring (bicyclic) bond motifs is 1. The first-order valence-electron chi connectivity index (χ1n) is 10.6. The molecule has 1 fully saturated rings. The third kappa shape index (κ3) is 4.17. The molecule has 3 aromatic rings. The van der Waals surface area contributed by atoms with Crippen molar-refractivity contribution in [3.05, 3.63) is 52.6 Å². The minimum absolute atomic E-state index is 0.0224. The van der Waals surface area contributed by atoms with E-state index in [4.69, 9.17) is 4.74 Å². The molecule has 1 aliphatic rings. The second kappa shape index (κ2) is 9.20. The van der Waals surface area contributed by atoms with Gasteiger partial charge in [-0.05, 0) is 51.3 Å². The number of nitro groups is 1. The average Bonchev–Trinajstić information content (AvgIpc) is 3.14. The fourth-order valence-corrected chi connectivity index (χ4v) is 5.31.